The quantitative estimate of drug-likeness (QED) is 0.507. The summed E-state index contributed by atoms with van der Waals surface area (Å²) in [5.41, 5.74) is 2.72. The second-order valence-corrected chi connectivity index (χ2v) is 6.38. The van der Waals surface area contributed by atoms with Crippen molar-refractivity contribution in [3.8, 4) is 0 Å². The van der Waals surface area contributed by atoms with Gasteiger partial charge < -0.3 is 4.42 Å². The molecule has 1 saturated carbocycles. The molecule has 3 N–H and O–H groups in total. The van der Waals surface area contributed by atoms with Crippen molar-refractivity contribution in [1.29, 1.82) is 0 Å². The van der Waals surface area contributed by atoms with Crippen LogP contribution in [0.5, 0.6) is 0 Å². The average Bonchev–Trinajstić information content (AvgIpc) is 3.18. The van der Waals surface area contributed by atoms with Crippen LogP contribution in [0.15, 0.2) is 10.5 Å². The van der Waals surface area contributed by atoms with Gasteiger partial charge in [-0.15, -0.1) is 0 Å². The van der Waals surface area contributed by atoms with Crippen LogP contribution in [-0.2, 0) is 6.54 Å². The Kier molecular flexibility index (Phi) is 4.31. The van der Waals surface area contributed by atoms with Crippen LogP contribution in [0.4, 0.5) is 0 Å². The molecule has 2 fully saturated rings. The number of aryl methyl sites for hydroxylation is 1. The van der Waals surface area contributed by atoms with Crippen LogP contribution in [0.25, 0.3) is 0 Å². The van der Waals surface area contributed by atoms with Crippen LogP contribution in [0.1, 0.15) is 60.4 Å². The minimum Gasteiger partial charge on any atom is -0.464 e. The number of rotatable bonds is 4. The Morgan fingerprint density at radius 2 is 2.14 bits per heavy atom. The van der Waals surface area contributed by atoms with Gasteiger partial charge in [0.2, 0.25) is 0 Å². The van der Waals surface area contributed by atoms with E-state index in [4.69, 9.17) is 10.3 Å². The smallest absolute Gasteiger partial charge is 0.268 e. The van der Waals surface area contributed by atoms with Crippen molar-refractivity contribution in [3.63, 3.8) is 0 Å². The summed E-state index contributed by atoms with van der Waals surface area (Å²) in [6.07, 6.45) is 8.10. The number of nitrogens with one attached hydrogen (secondary N) is 1. The monoisotopic (exact) mass is 291 g/mol. The molecule has 1 aromatic rings. The molecule has 0 spiro atoms. The van der Waals surface area contributed by atoms with Gasteiger partial charge in [0, 0.05) is 6.04 Å². The van der Waals surface area contributed by atoms with E-state index in [1.807, 2.05) is 13.0 Å². The normalized spacial score (nSPS) is 23.8. The van der Waals surface area contributed by atoms with Gasteiger partial charge in [0.05, 0.1) is 12.1 Å². The maximum absolute atomic E-state index is 11.6. The van der Waals surface area contributed by atoms with Crippen molar-refractivity contribution in [2.45, 2.75) is 58.0 Å². The number of likely N-dealkylation sites (tertiary alicyclic amines) is 1. The number of hydrogen-bond donors (Lipinski definition) is 2. The average molecular weight is 291 g/mol. The number of carbonyl (C=O) groups excluding carboxylic acids is 1. The predicted octanol–water partition coefficient (Wildman–Crippen LogP) is 2.35. The van der Waals surface area contributed by atoms with E-state index in [0.29, 0.717) is 17.4 Å². The van der Waals surface area contributed by atoms with Crippen LogP contribution < -0.4 is 11.3 Å². The van der Waals surface area contributed by atoms with Crippen LogP contribution in [0, 0.1) is 12.8 Å². The Balaban J connectivity index is 1.69. The van der Waals surface area contributed by atoms with Gasteiger partial charge in [0.25, 0.3) is 5.91 Å². The Morgan fingerprint density at radius 3 is 2.86 bits per heavy atom. The number of hydrogen-bond acceptors (Lipinski definition) is 4. The molecule has 5 nitrogen and oxygen atoms in total. The van der Waals surface area contributed by atoms with E-state index in [0.717, 1.165) is 24.8 Å². The molecule has 1 aliphatic heterocycles. The maximum atomic E-state index is 11.6. The van der Waals surface area contributed by atoms with Crippen LogP contribution >= 0.6 is 0 Å². The van der Waals surface area contributed by atoms with Crippen molar-refractivity contribution < 1.29 is 9.21 Å². The molecule has 1 amide bonds. The van der Waals surface area contributed by atoms with E-state index in [1.54, 1.807) is 0 Å². The van der Waals surface area contributed by atoms with E-state index >= 15 is 0 Å². The Labute approximate surface area is 125 Å². The zero-order valence-corrected chi connectivity index (χ0v) is 12.7. The van der Waals surface area contributed by atoms with Crippen molar-refractivity contribution >= 4 is 5.91 Å². The fraction of sp³-hybridized carbons (Fsp3) is 0.688. The van der Waals surface area contributed by atoms with Gasteiger partial charge in [-0.3, -0.25) is 15.1 Å². The van der Waals surface area contributed by atoms with Crippen LogP contribution in [0.2, 0.25) is 0 Å². The summed E-state index contributed by atoms with van der Waals surface area (Å²) in [6.45, 7) is 3.76. The third-order valence-corrected chi connectivity index (χ3v) is 5.06. The van der Waals surface area contributed by atoms with Gasteiger partial charge in [-0.25, -0.2) is 5.84 Å². The minimum absolute atomic E-state index is 0.281. The van der Waals surface area contributed by atoms with E-state index in [1.165, 1.54) is 38.5 Å². The van der Waals surface area contributed by atoms with Crippen molar-refractivity contribution in [3.05, 3.63) is 23.2 Å². The van der Waals surface area contributed by atoms with Crippen LogP contribution in [-0.4, -0.2) is 23.4 Å². The summed E-state index contributed by atoms with van der Waals surface area (Å²) in [7, 11) is 0. The van der Waals surface area contributed by atoms with Gasteiger partial charge in [-0.05, 0) is 51.1 Å². The first-order valence-corrected chi connectivity index (χ1v) is 8.03. The third-order valence-electron chi connectivity index (χ3n) is 5.06. The lowest BCUT2D eigenvalue weighted by Gasteiger charge is -2.28. The second-order valence-electron chi connectivity index (χ2n) is 6.38. The number of nitrogens with two attached hydrogens (primary N) is 1. The molecule has 1 saturated heterocycles. The van der Waals surface area contributed by atoms with E-state index in [9.17, 15) is 4.79 Å². The Morgan fingerprint density at radius 1 is 1.38 bits per heavy atom. The molecule has 0 bridgehead atoms. The molecule has 2 heterocycles. The molecule has 0 radical (unpaired) electrons. The lowest BCUT2D eigenvalue weighted by atomic mass is 9.96. The SMILES string of the molecule is Cc1oc(CN2CCCC2C2CCCC2)cc1C(=O)NN. The zero-order valence-electron chi connectivity index (χ0n) is 12.7. The van der Waals surface area contributed by atoms with E-state index < -0.39 is 0 Å². The maximum Gasteiger partial charge on any atom is 0.268 e. The topological polar surface area (TPSA) is 71.5 Å². The molecule has 3 rings (SSSR count). The van der Waals surface area contributed by atoms with Crippen molar-refractivity contribution in [2.75, 3.05) is 6.54 Å². The summed E-state index contributed by atoms with van der Waals surface area (Å²) in [5.74, 6) is 7.29. The third kappa shape index (κ3) is 2.99. The molecule has 2 aliphatic rings. The largest absolute Gasteiger partial charge is 0.464 e. The molecule has 1 unspecified atom stereocenters. The summed E-state index contributed by atoms with van der Waals surface area (Å²) >= 11 is 0. The molecule has 1 atom stereocenters. The second kappa shape index (κ2) is 6.20. The van der Waals surface area contributed by atoms with E-state index in [2.05, 4.69) is 10.3 Å². The van der Waals surface area contributed by atoms with Gasteiger partial charge in [-0.2, -0.15) is 0 Å². The first-order chi connectivity index (χ1) is 10.2. The summed E-state index contributed by atoms with van der Waals surface area (Å²) in [5, 5.41) is 0. The highest BCUT2D eigenvalue weighted by Crippen LogP contribution is 2.36. The van der Waals surface area contributed by atoms with Gasteiger partial charge in [-0.1, -0.05) is 12.8 Å². The fourth-order valence-electron chi connectivity index (χ4n) is 4.05. The Bertz CT molecular complexity index is 506. The first kappa shape index (κ1) is 14.6. The molecule has 0 aromatic carbocycles. The highest BCUT2D eigenvalue weighted by Gasteiger charge is 2.33. The molecular weight excluding hydrogens is 266 g/mol. The van der Waals surface area contributed by atoms with Crippen LogP contribution in [0.3, 0.4) is 0 Å². The minimum atomic E-state index is -0.281. The molecule has 1 aliphatic carbocycles. The highest BCUT2D eigenvalue weighted by molar-refractivity contribution is 5.94. The number of nitrogen functional groups attached to an aromatic ring is 1. The van der Waals surface area contributed by atoms with Crippen molar-refractivity contribution in [2.24, 2.45) is 11.8 Å². The highest BCUT2D eigenvalue weighted by atomic mass is 16.3. The number of hydrazine groups is 1. The molecule has 5 heteroatoms. The van der Waals surface area contributed by atoms with Gasteiger partial charge in [0.1, 0.15) is 11.5 Å². The van der Waals surface area contributed by atoms with Gasteiger partial charge >= 0.3 is 0 Å². The van der Waals surface area contributed by atoms with E-state index in [-0.39, 0.29) is 5.91 Å². The summed E-state index contributed by atoms with van der Waals surface area (Å²) in [6, 6.07) is 2.53. The Hall–Kier alpha value is -1.33. The number of amides is 1. The van der Waals surface area contributed by atoms with Crippen molar-refractivity contribution in [1.82, 2.24) is 10.3 Å². The lowest BCUT2D eigenvalue weighted by Crippen LogP contribution is -2.34. The summed E-state index contributed by atoms with van der Waals surface area (Å²) in [4.78, 5) is 14.2. The predicted molar refractivity (Wildman–Crippen MR) is 80.5 cm³/mol. The fourth-order valence-corrected chi connectivity index (χ4v) is 4.05. The van der Waals surface area contributed by atoms with Gasteiger partial charge in [0.15, 0.2) is 0 Å². The zero-order chi connectivity index (χ0) is 14.8. The molecule has 21 heavy (non-hydrogen) atoms. The lowest BCUT2D eigenvalue weighted by molar-refractivity contribution is 0.0952. The first-order valence-electron chi connectivity index (χ1n) is 8.03. The number of carbonyl (C=O) groups is 1. The number of furan rings is 1. The summed E-state index contributed by atoms with van der Waals surface area (Å²) < 4.78 is 5.75. The molecule has 1 aromatic heterocycles. The molecule has 116 valence electrons. The number of nitrogens with zero attached hydrogens (tertiary/aromatic N) is 1. The molecular formula is C16H25N3O2. The standard InChI is InChI=1S/C16H25N3O2/c1-11-14(16(20)18-17)9-13(21-11)10-19-8-4-7-15(19)12-5-2-3-6-12/h9,12,15H,2-8,10,17H2,1H3,(H,18,20).